The maximum absolute atomic E-state index is 12.7. The molecule has 5 nitrogen and oxygen atoms in total. The van der Waals surface area contributed by atoms with Crippen molar-refractivity contribution in [3.8, 4) is 11.5 Å². The Morgan fingerprint density at radius 1 is 1.23 bits per heavy atom. The first-order chi connectivity index (χ1) is 16.6. The van der Waals surface area contributed by atoms with Gasteiger partial charge in [0.2, 0.25) is 0 Å². The average molecular weight is 509 g/mol. The molecule has 0 saturated carbocycles. The number of esters is 1. The number of allylic oxidation sites excluding steroid dienone is 3. The molecule has 0 amide bonds. The highest BCUT2D eigenvalue weighted by Crippen LogP contribution is 2.49. The van der Waals surface area contributed by atoms with E-state index >= 15 is 0 Å². The predicted octanol–water partition coefficient (Wildman–Crippen LogP) is 6.19. The van der Waals surface area contributed by atoms with Crippen LogP contribution >= 0.6 is 23.8 Å². The Kier molecular flexibility index (Phi) is 7.06. The van der Waals surface area contributed by atoms with Gasteiger partial charge in [-0.05, 0) is 56.8 Å². The van der Waals surface area contributed by atoms with Crippen LogP contribution in [0, 0.1) is 0 Å². The summed E-state index contributed by atoms with van der Waals surface area (Å²) in [6.45, 7) is 9.62. The third-order valence-corrected chi connectivity index (χ3v) is 6.72. The predicted molar refractivity (Wildman–Crippen MR) is 144 cm³/mol. The van der Waals surface area contributed by atoms with Gasteiger partial charge in [0.25, 0.3) is 0 Å². The topological polar surface area (TPSA) is 59.6 Å². The van der Waals surface area contributed by atoms with E-state index in [9.17, 15) is 4.79 Å². The lowest BCUT2D eigenvalue weighted by atomic mass is 9.77. The van der Waals surface area contributed by atoms with Gasteiger partial charge in [-0.2, -0.15) is 0 Å². The molecule has 0 radical (unpaired) electrons. The van der Waals surface area contributed by atoms with Crippen LogP contribution in [0.2, 0.25) is 5.02 Å². The van der Waals surface area contributed by atoms with Crippen molar-refractivity contribution in [1.82, 2.24) is 10.6 Å². The molecule has 2 atom stereocenters. The lowest BCUT2D eigenvalue weighted by Crippen LogP contribution is -2.69. The molecule has 2 aromatic carbocycles. The third kappa shape index (κ3) is 5.44. The minimum atomic E-state index is -0.744. The minimum absolute atomic E-state index is 0.0389. The van der Waals surface area contributed by atoms with Crippen LogP contribution in [-0.4, -0.2) is 22.3 Å². The van der Waals surface area contributed by atoms with Gasteiger partial charge in [-0.25, -0.2) is 4.79 Å². The number of hydrogen-bond donors (Lipinski definition) is 2. The maximum atomic E-state index is 12.7. The van der Waals surface area contributed by atoms with E-state index in [-0.39, 0.29) is 11.5 Å². The molecule has 1 saturated heterocycles. The Hall–Kier alpha value is -3.09. The number of halogens is 1. The first-order valence-electron chi connectivity index (χ1n) is 11.5. The summed E-state index contributed by atoms with van der Waals surface area (Å²) in [5.74, 6) is 0.526. The van der Waals surface area contributed by atoms with E-state index in [0.717, 1.165) is 11.1 Å². The Labute approximate surface area is 216 Å². The lowest BCUT2D eigenvalue weighted by molar-refractivity contribution is -0.129. The Bertz CT molecular complexity index is 1240. The number of nitrogens with one attached hydrogen (secondary N) is 2. The summed E-state index contributed by atoms with van der Waals surface area (Å²) in [6, 6.07) is 13.3. The number of benzene rings is 2. The number of rotatable bonds is 5. The van der Waals surface area contributed by atoms with Crippen molar-refractivity contribution in [2.45, 2.75) is 50.8 Å². The number of carbonyl (C=O) groups is 1. The Balaban J connectivity index is 1.74. The molecular weight excluding hydrogens is 480 g/mol. The van der Waals surface area contributed by atoms with Crippen molar-refractivity contribution in [3.05, 3.63) is 95.1 Å². The zero-order chi connectivity index (χ0) is 25.2. The van der Waals surface area contributed by atoms with Crippen LogP contribution in [0.15, 0.2) is 78.9 Å². The van der Waals surface area contributed by atoms with Crippen LogP contribution in [0.25, 0.3) is 0 Å². The molecule has 7 heteroatoms. The zero-order valence-corrected chi connectivity index (χ0v) is 21.6. The molecule has 2 heterocycles. The van der Waals surface area contributed by atoms with Crippen LogP contribution in [-0.2, 0) is 4.79 Å². The zero-order valence-electron chi connectivity index (χ0n) is 20.1. The first kappa shape index (κ1) is 25.0. The molecule has 2 aromatic rings. The fourth-order valence-corrected chi connectivity index (χ4v) is 5.56. The number of fused-ring (bicyclic) bond motifs is 1. The number of ether oxygens (including phenoxy) is 2. The molecular formula is C28H29ClN2O3S. The molecule has 182 valence electrons. The summed E-state index contributed by atoms with van der Waals surface area (Å²) in [5, 5.41) is 7.93. The van der Waals surface area contributed by atoms with Gasteiger partial charge in [0.05, 0.1) is 5.57 Å². The fraction of sp³-hybridized carbons (Fsp3) is 0.286. The lowest BCUT2D eigenvalue weighted by Gasteiger charge is -2.50. The second-order valence-corrected chi connectivity index (χ2v) is 10.3. The maximum Gasteiger partial charge on any atom is 0.343 e. The van der Waals surface area contributed by atoms with Gasteiger partial charge in [-0.15, -0.1) is 0 Å². The summed E-state index contributed by atoms with van der Waals surface area (Å²) in [6.07, 6.45) is 7.97. The highest BCUT2D eigenvalue weighted by molar-refractivity contribution is 7.80. The monoisotopic (exact) mass is 508 g/mol. The van der Waals surface area contributed by atoms with Gasteiger partial charge in [0.1, 0.15) is 11.5 Å². The van der Waals surface area contributed by atoms with Gasteiger partial charge in [0, 0.05) is 41.0 Å². The minimum Gasteiger partial charge on any atom is -0.468 e. The summed E-state index contributed by atoms with van der Waals surface area (Å²) in [4.78, 5) is 12.7. The van der Waals surface area contributed by atoms with E-state index in [0.29, 0.717) is 40.0 Å². The molecule has 2 unspecified atom stereocenters. The van der Waals surface area contributed by atoms with E-state index in [1.165, 1.54) is 0 Å². The Morgan fingerprint density at radius 2 is 2.00 bits per heavy atom. The van der Waals surface area contributed by atoms with Crippen LogP contribution in [0.5, 0.6) is 11.5 Å². The van der Waals surface area contributed by atoms with Gasteiger partial charge in [-0.3, -0.25) is 0 Å². The third-order valence-electron chi connectivity index (χ3n) is 6.17. The molecule has 2 aliphatic heterocycles. The van der Waals surface area contributed by atoms with Crippen LogP contribution in [0.4, 0.5) is 0 Å². The van der Waals surface area contributed by atoms with Crippen molar-refractivity contribution in [3.63, 3.8) is 0 Å². The fourth-order valence-electron chi connectivity index (χ4n) is 4.83. The second kappa shape index (κ2) is 9.88. The largest absolute Gasteiger partial charge is 0.468 e. The molecule has 2 aliphatic rings. The SMILES string of the molecule is C=C/C=C\C(=C/C)C(=O)Oc1ccc2c(c1)OC1(CC2c2ccccc2Cl)CC(C)(C)NC(=S)N1. The second-order valence-electron chi connectivity index (χ2n) is 9.44. The molecule has 0 aliphatic carbocycles. The first-order valence-corrected chi connectivity index (χ1v) is 12.3. The van der Waals surface area contributed by atoms with Gasteiger partial charge in [0.15, 0.2) is 10.8 Å². The highest BCUT2D eigenvalue weighted by atomic mass is 35.5. The Morgan fingerprint density at radius 3 is 2.69 bits per heavy atom. The van der Waals surface area contributed by atoms with Crippen LogP contribution in [0.1, 0.15) is 50.7 Å². The normalized spacial score (nSPS) is 23.1. The van der Waals surface area contributed by atoms with Crippen molar-refractivity contribution in [2.75, 3.05) is 0 Å². The molecule has 4 rings (SSSR count). The number of hydrogen-bond acceptors (Lipinski definition) is 4. The average Bonchev–Trinajstić information content (AvgIpc) is 2.77. The van der Waals surface area contributed by atoms with E-state index in [2.05, 4.69) is 31.1 Å². The molecule has 35 heavy (non-hydrogen) atoms. The van der Waals surface area contributed by atoms with Crippen molar-refractivity contribution in [2.24, 2.45) is 0 Å². The van der Waals surface area contributed by atoms with Crippen molar-refractivity contribution in [1.29, 1.82) is 0 Å². The van der Waals surface area contributed by atoms with E-state index < -0.39 is 11.7 Å². The van der Waals surface area contributed by atoms with Crippen molar-refractivity contribution >= 4 is 34.9 Å². The molecule has 1 spiro atoms. The van der Waals surface area contributed by atoms with Crippen LogP contribution in [0.3, 0.4) is 0 Å². The van der Waals surface area contributed by atoms with Gasteiger partial charge < -0.3 is 20.1 Å². The molecule has 0 bridgehead atoms. The number of thiocarbonyl (C=S) groups is 1. The standard InChI is InChI=1S/C28H29ClN2O3S/c1-5-7-10-18(6-2)25(32)33-19-13-14-21-22(20-11-8-9-12-23(20)29)16-28(34-24(21)15-19)17-27(3,4)30-26(35)31-28/h5-15,22H,1,16-17H2,2-4H3,(H2,30,31,35)/b10-7-,18-6+. The van der Waals surface area contributed by atoms with E-state index in [4.69, 9.17) is 33.3 Å². The highest BCUT2D eigenvalue weighted by Gasteiger charge is 2.49. The summed E-state index contributed by atoms with van der Waals surface area (Å²) in [5.41, 5.74) is 1.41. The van der Waals surface area contributed by atoms with Gasteiger partial charge in [-0.1, -0.05) is 60.7 Å². The summed E-state index contributed by atoms with van der Waals surface area (Å²) >= 11 is 12.2. The van der Waals surface area contributed by atoms with Crippen molar-refractivity contribution < 1.29 is 14.3 Å². The number of carbonyl (C=O) groups excluding carboxylic acids is 1. The summed E-state index contributed by atoms with van der Waals surface area (Å²) < 4.78 is 12.3. The summed E-state index contributed by atoms with van der Waals surface area (Å²) in [7, 11) is 0. The van der Waals surface area contributed by atoms with Gasteiger partial charge >= 0.3 is 5.97 Å². The molecule has 0 aromatic heterocycles. The van der Waals surface area contributed by atoms with E-state index in [1.807, 2.05) is 30.3 Å². The van der Waals surface area contributed by atoms with Crippen LogP contribution < -0.4 is 20.1 Å². The quantitative estimate of drug-likeness (QED) is 0.165. The molecule has 1 fully saturated rings. The molecule has 2 N–H and O–H groups in total. The smallest absolute Gasteiger partial charge is 0.343 e. The van der Waals surface area contributed by atoms with E-state index in [1.54, 1.807) is 43.4 Å².